The summed E-state index contributed by atoms with van der Waals surface area (Å²) in [6, 6.07) is 1.52. The highest BCUT2D eigenvalue weighted by Crippen LogP contribution is 2.31. The Balaban J connectivity index is 2.26. The van der Waals surface area contributed by atoms with Crippen molar-refractivity contribution in [3.8, 4) is 5.75 Å². The topological polar surface area (TPSA) is 35.5 Å². The van der Waals surface area contributed by atoms with Gasteiger partial charge in [0.15, 0.2) is 0 Å². The molecule has 1 aliphatic heterocycles. The van der Waals surface area contributed by atoms with Crippen LogP contribution in [-0.2, 0) is 0 Å². The van der Waals surface area contributed by atoms with Crippen molar-refractivity contribution in [2.45, 2.75) is 13.0 Å². The normalized spacial score (nSPS) is 19.2. The molecule has 94 valence electrons. The van der Waals surface area contributed by atoms with E-state index in [-0.39, 0.29) is 17.4 Å². The number of nitrogens with one attached hydrogen (secondary N) is 1. The van der Waals surface area contributed by atoms with Crippen LogP contribution in [0.1, 0.15) is 18.5 Å². The van der Waals surface area contributed by atoms with Gasteiger partial charge in [-0.3, -0.25) is 4.90 Å². The quantitative estimate of drug-likeness (QED) is 0.827. The summed E-state index contributed by atoms with van der Waals surface area (Å²) in [6.07, 6.45) is 0. The molecule has 0 saturated carbocycles. The molecule has 0 spiro atoms. The van der Waals surface area contributed by atoms with Crippen LogP contribution in [0.5, 0.6) is 5.75 Å². The zero-order valence-corrected chi connectivity index (χ0v) is 9.71. The summed E-state index contributed by atoms with van der Waals surface area (Å²) in [6.45, 7) is 5.08. The van der Waals surface area contributed by atoms with E-state index in [2.05, 4.69) is 10.2 Å². The second kappa shape index (κ2) is 4.98. The van der Waals surface area contributed by atoms with Gasteiger partial charge >= 0.3 is 0 Å². The van der Waals surface area contributed by atoms with E-state index in [0.29, 0.717) is 0 Å². The average Bonchev–Trinajstić information content (AvgIpc) is 2.28. The summed E-state index contributed by atoms with van der Waals surface area (Å²) in [5, 5.41) is 12.9. The molecule has 1 aliphatic rings. The Morgan fingerprint density at radius 3 is 2.53 bits per heavy atom. The van der Waals surface area contributed by atoms with Crippen LogP contribution >= 0.6 is 0 Å². The minimum absolute atomic E-state index is 0.174. The number of benzene rings is 1. The van der Waals surface area contributed by atoms with Gasteiger partial charge in [0.1, 0.15) is 17.4 Å². The van der Waals surface area contributed by atoms with Gasteiger partial charge in [-0.1, -0.05) is 0 Å². The third-order valence-electron chi connectivity index (χ3n) is 3.19. The third-order valence-corrected chi connectivity index (χ3v) is 3.19. The van der Waals surface area contributed by atoms with Crippen molar-refractivity contribution in [1.82, 2.24) is 10.2 Å². The van der Waals surface area contributed by atoms with Crippen molar-refractivity contribution in [2.24, 2.45) is 0 Å². The zero-order valence-electron chi connectivity index (χ0n) is 9.71. The second-order valence-electron chi connectivity index (χ2n) is 4.28. The Bertz CT molecular complexity index is 382. The lowest BCUT2D eigenvalue weighted by Gasteiger charge is -2.33. The van der Waals surface area contributed by atoms with Crippen molar-refractivity contribution >= 4 is 0 Å². The summed E-state index contributed by atoms with van der Waals surface area (Å²) in [7, 11) is 0. The number of hydrogen-bond donors (Lipinski definition) is 2. The summed E-state index contributed by atoms with van der Waals surface area (Å²) in [5.74, 6) is -1.75. The van der Waals surface area contributed by atoms with Gasteiger partial charge in [-0.15, -0.1) is 0 Å². The van der Waals surface area contributed by atoms with Crippen molar-refractivity contribution in [2.75, 3.05) is 26.2 Å². The second-order valence-corrected chi connectivity index (χ2v) is 4.28. The molecule has 0 unspecified atom stereocenters. The molecule has 0 amide bonds. The lowest BCUT2D eigenvalue weighted by Crippen LogP contribution is -2.44. The highest BCUT2D eigenvalue weighted by atomic mass is 19.1. The number of aromatic hydroxyl groups is 1. The number of phenolic OH excluding ortho intramolecular Hbond substituents is 1. The SMILES string of the molecule is C[C@H](c1c(O)cc(F)cc1F)N1CCNCC1. The number of phenols is 1. The molecule has 1 saturated heterocycles. The number of nitrogens with zero attached hydrogens (tertiary/aromatic N) is 1. The van der Waals surface area contributed by atoms with E-state index in [0.717, 1.165) is 38.3 Å². The zero-order chi connectivity index (χ0) is 12.4. The predicted molar refractivity (Wildman–Crippen MR) is 60.9 cm³/mol. The summed E-state index contributed by atoms with van der Waals surface area (Å²) < 4.78 is 26.6. The van der Waals surface area contributed by atoms with E-state index in [1.165, 1.54) is 0 Å². The maximum Gasteiger partial charge on any atom is 0.134 e. The Hall–Kier alpha value is -1.20. The molecule has 2 rings (SSSR count). The Kier molecular flexibility index (Phi) is 3.59. The van der Waals surface area contributed by atoms with Gasteiger partial charge < -0.3 is 10.4 Å². The standard InChI is InChI=1S/C12H16F2N2O/c1-8(16-4-2-15-3-5-16)12-10(14)6-9(13)7-11(12)17/h6-8,15,17H,2-5H2,1H3/t8-/m1/s1. The highest BCUT2D eigenvalue weighted by Gasteiger charge is 2.23. The smallest absolute Gasteiger partial charge is 0.134 e. The fourth-order valence-corrected chi connectivity index (χ4v) is 2.24. The predicted octanol–water partition coefficient (Wildman–Crippen LogP) is 1.64. The number of rotatable bonds is 2. The van der Waals surface area contributed by atoms with Crippen LogP contribution in [0, 0.1) is 11.6 Å². The van der Waals surface area contributed by atoms with Crippen molar-refractivity contribution in [3.05, 3.63) is 29.3 Å². The minimum Gasteiger partial charge on any atom is -0.507 e. The van der Waals surface area contributed by atoms with Crippen molar-refractivity contribution in [3.63, 3.8) is 0 Å². The summed E-state index contributed by atoms with van der Waals surface area (Å²) in [5.41, 5.74) is 0.174. The first-order chi connectivity index (χ1) is 8.09. The molecule has 0 radical (unpaired) electrons. The van der Waals surface area contributed by atoms with Gasteiger partial charge in [-0.25, -0.2) is 8.78 Å². The largest absolute Gasteiger partial charge is 0.507 e. The molecule has 17 heavy (non-hydrogen) atoms. The molecule has 0 aliphatic carbocycles. The number of halogens is 2. The fraction of sp³-hybridized carbons (Fsp3) is 0.500. The molecule has 1 fully saturated rings. The molecule has 0 bridgehead atoms. The van der Waals surface area contributed by atoms with Crippen LogP contribution in [0.3, 0.4) is 0 Å². The van der Waals surface area contributed by atoms with Crippen LogP contribution in [0.15, 0.2) is 12.1 Å². The first-order valence-electron chi connectivity index (χ1n) is 5.72. The maximum absolute atomic E-state index is 13.7. The van der Waals surface area contributed by atoms with E-state index >= 15 is 0 Å². The van der Waals surface area contributed by atoms with Gasteiger partial charge in [-0.05, 0) is 6.92 Å². The molecule has 1 atom stereocenters. The maximum atomic E-state index is 13.7. The van der Waals surface area contributed by atoms with E-state index in [1.54, 1.807) is 0 Å². The van der Waals surface area contributed by atoms with Gasteiger partial charge in [0, 0.05) is 49.9 Å². The van der Waals surface area contributed by atoms with Crippen molar-refractivity contribution in [1.29, 1.82) is 0 Å². The van der Waals surface area contributed by atoms with Gasteiger partial charge in [0.05, 0.1) is 0 Å². The molecule has 1 aromatic rings. The monoisotopic (exact) mass is 242 g/mol. The van der Waals surface area contributed by atoms with E-state index in [4.69, 9.17) is 0 Å². The highest BCUT2D eigenvalue weighted by molar-refractivity contribution is 5.36. The summed E-state index contributed by atoms with van der Waals surface area (Å²) in [4.78, 5) is 2.06. The van der Waals surface area contributed by atoms with Gasteiger partial charge in [-0.2, -0.15) is 0 Å². The molecule has 3 nitrogen and oxygen atoms in total. The Morgan fingerprint density at radius 2 is 1.94 bits per heavy atom. The van der Waals surface area contributed by atoms with Gasteiger partial charge in [0.2, 0.25) is 0 Å². The molecule has 5 heteroatoms. The molecule has 2 N–H and O–H groups in total. The molecule has 1 heterocycles. The summed E-state index contributed by atoms with van der Waals surface area (Å²) >= 11 is 0. The average molecular weight is 242 g/mol. The first kappa shape index (κ1) is 12.3. The van der Waals surface area contributed by atoms with Crippen LogP contribution in [0.4, 0.5) is 8.78 Å². The number of piperazine rings is 1. The van der Waals surface area contributed by atoms with Crippen LogP contribution in [0.25, 0.3) is 0 Å². The van der Waals surface area contributed by atoms with Crippen LogP contribution in [-0.4, -0.2) is 36.2 Å². The third kappa shape index (κ3) is 2.56. The molecule has 1 aromatic carbocycles. The fourth-order valence-electron chi connectivity index (χ4n) is 2.24. The van der Waals surface area contributed by atoms with Crippen LogP contribution < -0.4 is 5.32 Å². The Morgan fingerprint density at radius 1 is 1.29 bits per heavy atom. The van der Waals surface area contributed by atoms with Crippen LogP contribution in [0.2, 0.25) is 0 Å². The first-order valence-corrected chi connectivity index (χ1v) is 5.72. The van der Waals surface area contributed by atoms with E-state index in [1.807, 2.05) is 6.92 Å². The van der Waals surface area contributed by atoms with Crippen molar-refractivity contribution < 1.29 is 13.9 Å². The molecular weight excluding hydrogens is 226 g/mol. The van der Waals surface area contributed by atoms with Gasteiger partial charge in [0.25, 0.3) is 0 Å². The number of hydrogen-bond acceptors (Lipinski definition) is 3. The van der Waals surface area contributed by atoms with E-state index < -0.39 is 11.6 Å². The Labute approximate surface area is 99.1 Å². The lowest BCUT2D eigenvalue weighted by molar-refractivity contribution is 0.179. The molecular formula is C12H16F2N2O. The van der Waals surface area contributed by atoms with E-state index in [9.17, 15) is 13.9 Å². The minimum atomic E-state index is -0.753. The lowest BCUT2D eigenvalue weighted by atomic mass is 10.0. The molecule has 0 aromatic heterocycles.